The summed E-state index contributed by atoms with van der Waals surface area (Å²) in [4.78, 5) is 11.8. The number of alkyl halides is 2. The number of allylic oxidation sites excluding steroid dienone is 1. The lowest BCUT2D eigenvalue weighted by Crippen LogP contribution is -2.56. The van der Waals surface area contributed by atoms with E-state index in [-0.39, 0.29) is 29.5 Å². The lowest BCUT2D eigenvalue weighted by Gasteiger charge is -2.57. The molecule has 0 saturated heterocycles. The quantitative estimate of drug-likeness (QED) is 0.703. The zero-order valence-corrected chi connectivity index (χ0v) is 15.6. The molecule has 0 aromatic carbocycles. The van der Waals surface area contributed by atoms with E-state index in [0.717, 1.165) is 31.3 Å². The topological polar surface area (TPSA) is 37.3 Å². The third kappa shape index (κ3) is 2.43. The highest BCUT2D eigenvalue weighted by Crippen LogP contribution is 2.66. The van der Waals surface area contributed by atoms with Crippen molar-refractivity contribution in [3.63, 3.8) is 0 Å². The van der Waals surface area contributed by atoms with E-state index in [0.29, 0.717) is 19.3 Å². The molecule has 3 fully saturated rings. The van der Waals surface area contributed by atoms with Crippen LogP contribution in [0.2, 0.25) is 0 Å². The van der Waals surface area contributed by atoms with Crippen molar-refractivity contribution in [3.8, 4) is 11.8 Å². The Labute approximate surface area is 154 Å². The van der Waals surface area contributed by atoms with Gasteiger partial charge in [0.25, 0.3) is 0 Å². The SMILES string of the molecule is CC#C[C@]1(O)CC[C@H]2[C@@H]3CCC4=CC(=O)CC[C@@H]4[C@H]3[C@@H](C(F)F)C[C@@]21C. The molecule has 0 radical (unpaired) electrons. The standard InChI is InChI=1S/C22H28F2O2/c1-3-9-22(26)10-8-18-16-6-4-13-11-14(25)5-7-15(13)19(16)17(20(23)24)12-21(18,22)2/h11,15-20,26H,4-8,10,12H2,1-2H3/t15-,16-,17-,18-,19+,21-,22-/m0/s1. The predicted molar refractivity (Wildman–Crippen MR) is 95.4 cm³/mol. The number of carbonyl (C=O) groups excluding carboxylic acids is 1. The summed E-state index contributed by atoms with van der Waals surface area (Å²) in [6.07, 6.45) is 4.05. The van der Waals surface area contributed by atoms with Gasteiger partial charge in [0.1, 0.15) is 5.60 Å². The molecule has 142 valence electrons. The van der Waals surface area contributed by atoms with Crippen LogP contribution in [0.4, 0.5) is 8.78 Å². The van der Waals surface area contributed by atoms with Gasteiger partial charge in [0.05, 0.1) is 0 Å². The Morgan fingerprint density at radius 3 is 2.73 bits per heavy atom. The lowest BCUT2D eigenvalue weighted by molar-refractivity contribution is -0.143. The van der Waals surface area contributed by atoms with E-state index in [2.05, 4.69) is 11.8 Å². The van der Waals surface area contributed by atoms with Crippen molar-refractivity contribution in [2.75, 3.05) is 0 Å². The van der Waals surface area contributed by atoms with Gasteiger partial charge >= 0.3 is 0 Å². The summed E-state index contributed by atoms with van der Waals surface area (Å²) in [5.41, 5.74) is -0.606. The summed E-state index contributed by atoms with van der Waals surface area (Å²) in [5, 5.41) is 11.2. The van der Waals surface area contributed by atoms with Crippen LogP contribution in [-0.4, -0.2) is 22.9 Å². The van der Waals surface area contributed by atoms with Gasteiger partial charge in [-0.25, -0.2) is 8.78 Å². The van der Waals surface area contributed by atoms with E-state index in [9.17, 15) is 18.7 Å². The highest BCUT2D eigenvalue weighted by Gasteiger charge is 2.65. The van der Waals surface area contributed by atoms with Gasteiger partial charge < -0.3 is 5.11 Å². The molecule has 4 heteroatoms. The van der Waals surface area contributed by atoms with Crippen molar-refractivity contribution in [2.45, 2.75) is 70.8 Å². The summed E-state index contributed by atoms with van der Waals surface area (Å²) in [6.45, 7) is 3.71. The number of carbonyl (C=O) groups is 1. The molecule has 3 saturated carbocycles. The van der Waals surface area contributed by atoms with Gasteiger partial charge in [0.2, 0.25) is 6.43 Å². The van der Waals surface area contributed by atoms with E-state index in [1.165, 1.54) is 0 Å². The number of fused-ring (bicyclic) bond motifs is 5. The van der Waals surface area contributed by atoms with Gasteiger partial charge in [-0.3, -0.25) is 4.79 Å². The van der Waals surface area contributed by atoms with Crippen molar-refractivity contribution in [2.24, 2.45) is 35.0 Å². The Balaban J connectivity index is 1.75. The van der Waals surface area contributed by atoms with Gasteiger partial charge in [-0.2, -0.15) is 0 Å². The first-order chi connectivity index (χ1) is 12.3. The monoisotopic (exact) mass is 362 g/mol. The summed E-state index contributed by atoms with van der Waals surface area (Å²) in [5.74, 6) is 5.77. The van der Waals surface area contributed by atoms with Gasteiger partial charge in [0.15, 0.2) is 5.78 Å². The minimum absolute atomic E-state index is 0.0573. The van der Waals surface area contributed by atoms with Gasteiger partial charge in [-0.05, 0) is 75.2 Å². The summed E-state index contributed by atoms with van der Waals surface area (Å²) in [6, 6.07) is 0. The molecule has 4 aliphatic carbocycles. The minimum atomic E-state index is -2.39. The molecule has 0 unspecified atom stereocenters. The molecule has 0 aromatic heterocycles. The van der Waals surface area contributed by atoms with Gasteiger partial charge in [-0.15, -0.1) is 5.92 Å². The van der Waals surface area contributed by atoms with Crippen LogP contribution in [0.15, 0.2) is 11.6 Å². The Hall–Kier alpha value is -1.21. The smallest absolute Gasteiger partial charge is 0.241 e. The zero-order valence-electron chi connectivity index (χ0n) is 15.6. The second kappa shape index (κ2) is 6.16. The van der Waals surface area contributed by atoms with Crippen molar-refractivity contribution in [1.82, 2.24) is 0 Å². The number of aliphatic hydroxyl groups is 1. The maximum absolute atomic E-state index is 14.2. The molecule has 2 nitrogen and oxygen atoms in total. The largest absolute Gasteiger partial charge is 0.377 e. The van der Waals surface area contributed by atoms with Crippen LogP contribution in [0.3, 0.4) is 0 Å². The molecule has 7 atom stereocenters. The number of halogens is 2. The fourth-order valence-electron chi connectivity index (χ4n) is 7.05. The predicted octanol–water partition coefficient (Wildman–Crippen LogP) is 4.37. The molecule has 0 amide bonds. The van der Waals surface area contributed by atoms with Crippen LogP contribution >= 0.6 is 0 Å². The number of hydrogen-bond acceptors (Lipinski definition) is 2. The number of hydrogen-bond donors (Lipinski definition) is 1. The molecular weight excluding hydrogens is 334 g/mol. The minimum Gasteiger partial charge on any atom is -0.377 e. The Bertz CT molecular complexity index is 703. The van der Waals surface area contributed by atoms with Crippen LogP contribution in [0.25, 0.3) is 0 Å². The fraction of sp³-hybridized carbons (Fsp3) is 0.773. The van der Waals surface area contributed by atoms with Crippen molar-refractivity contribution in [3.05, 3.63) is 11.6 Å². The third-order valence-corrected chi connectivity index (χ3v) is 8.16. The van der Waals surface area contributed by atoms with E-state index < -0.39 is 23.4 Å². The summed E-state index contributed by atoms with van der Waals surface area (Å²) in [7, 11) is 0. The molecule has 0 spiro atoms. The number of rotatable bonds is 1. The highest BCUT2D eigenvalue weighted by atomic mass is 19.3. The van der Waals surface area contributed by atoms with E-state index >= 15 is 0 Å². The van der Waals surface area contributed by atoms with Crippen LogP contribution in [-0.2, 0) is 4.79 Å². The first-order valence-electron chi connectivity index (χ1n) is 9.98. The van der Waals surface area contributed by atoms with Crippen LogP contribution in [0.1, 0.15) is 58.8 Å². The van der Waals surface area contributed by atoms with Crippen LogP contribution < -0.4 is 0 Å². The first kappa shape index (κ1) is 18.2. The van der Waals surface area contributed by atoms with E-state index in [1.54, 1.807) is 13.0 Å². The summed E-state index contributed by atoms with van der Waals surface area (Å²) >= 11 is 0. The first-order valence-corrected chi connectivity index (χ1v) is 9.98. The Morgan fingerprint density at radius 2 is 2.04 bits per heavy atom. The molecule has 0 aromatic rings. The van der Waals surface area contributed by atoms with Crippen molar-refractivity contribution >= 4 is 5.78 Å². The van der Waals surface area contributed by atoms with Crippen LogP contribution in [0, 0.1) is 46.8 Å². The lowest BCUT2D eigenvalue weighted by atomic mass is 9.47. The van der Waals surface area contributed by atoms with E-state index in [4.69, 9.17) is 0 Å². The number of ketones is 1. The normalized spacial score (nSPS) is 47.4. The summed E-state index contributed by atoms with van der Waals surface area (Å²) < 4.78 is 28.4. The average Bonchev–Trinajstić information content (AvgIpc) is 2.85. The highest BCUT2D eigenvalue weighted by molar-refractivity contribution is 5.91. The third-order valence-electron chi connectivity index (χ3n) is 8.16. The Morgan fingerprint density at radius 1 is 1.27 bits per heavy atom. The molecule has 4 aliphatic rings. The molecule has 0 heterocycles. The maximum atomic E-state index is 14.2. The van der Waals surface area contributed by atoms with Gasteiger partial charge in [0, 0.05) is 17.8 Å². The molecule has 26 heavy (non-hydrogen) atoms. The zero-order chi connectivity index (χ0) is 18.7. The maximum Gasteiger partial charge on any atom is 0.241 e. The molecule has 0 aliphatic heterocycles. The Kier molecular flexibility index (Phi) is 4.30. The van der Waals surface area contributed by atoms with Gasteiger partial charge in [-0.1, -0.05) is 18.4 Å². The molecular formula is C22H28F2O2. The van der Waals surface area contributed by atoms with Crippen molar-refractivity contribution < 1.29 is 18.7 Å². The average molecular weight is 362 g/mol. The van der Waals surface area contributed by atoms with Crippen LogP contribution in [0.5, 0.6) is 0 Å². The molecule has 1 N–H and O–H groups in total. The second-order valence-corrected chi connectivity index (χ2v) is 9.11. The molecule has 0 bridgehead atoms. The molecule has 4 rings (SSSR count). The van der Waals surface area contributed by atoms with Crippen molar-refractivity contribution in [1.29, 1.82) is 0 Å². The fourth-order valence-corrected chi connectivity index (χ4v) is 7.05. The van der Waals surface area contributed by atoms with E-state index in [1.807, 2.05) is 6.92 Å². The second-order valence-electron chi connectivity index (χ2n) is 9.11.